The molecule has 1 aromatic heterocycles. The zero-order valence-corrected chi connectivity index (χ0v) is 14.2. The Morgan fingerprint density at radius 1 is 1.35 bits per heavy atom. The van der Waals surface area contributed by atoms with Gasteiger partial charge in [-0.25, -0.2) is 4.98 Å². The third kappa shape index (κ3) is 4.91. The predicted molar refractivity (Wildman–Crippen MR) is 83.1 cm³/mol. The molecular formula is C15H22F3N3OS. The van der Waals surface area contributed by atoms with Crippen LogP contribution < -0.4 is 0 Å². The standard InChI is InChI=1S/C15H22F3N3OS/c1-11(21-7-5-3-4-6-8-21)14(22)20(2)9-13-19-12(10-23-13)15(16,17)18/h10-11H,3-9H2,1-2H3. The molecule has 23 heavy (non-hydrogen) atoms. The smallest absolute Gasteiger partial charge is 0.338 e. The van der Waals surface area contributed by atoms with Crippen LogP contribution in [-0.2, 0) is 17.5 Å². The number of rotatable bonds is 4. The molecule has 2 rings (SSSR count). The minimum absolute atomic E-state index is 0.0735. The van der Waals surface area contributed by atoms with Crippen LogP contribution in [0.1, 0.15) is 43.3 Å². The zero-order chi connectivity index (χ0) is 17.0. The van der Waals surface area contributed by atoms with Crippen molar-refractivity contribution in [1.82, 2.24) is 14.8 Å². The molecule has 1 aliphatic heterocycles. The summed E-state index contributed by atoms with van der Waals surface area (Å²) in [6.45, 7) is 3.78. The molecule has 8 heteroatoms. The second kappa shape index (κ2) is 7.61. The van der Waals surface area contributed by atoms with Gasteiger partial charge in [0.25, 0.3) is 0 Å². The molecule has 1 aromatic rings. The molecule has 1 aliphatic rings. The minimum Gasteiger partial charge on any atom is -0.338 e. The van der Waals surface area contributed by atoms with Gasteiger partial charge in [0, 0.05) is 12.4 Å². The fourth-order valence-corrected chi connectivity index (χ4v) is 3.61. The van der Waals surface area contributed by atoms with Gasteiger partial charge in [0.1, 0.15) is 5.01 Å². The first-order valence-corrected chi connectivity index (χ1v) is 8.67. The summed E-state index contributed by atoms with van der Waals surface area (Å²) in [6.07, 6.45) is 0.112. The van der Waals surface area contributed by atoms with E-state index >= 15 is 0 Å². The zero-order valence-electron chi connectivity index (χ0n) is 13.4. The van der Waals surface area contributed by atoms with Gasteiger partial charge >= 0.3 is 6.18 Å². The molecule has 1 atom stereocenters. The maximum atomic E-state index is 12.6. The number of hydrogen-bond donors (Lipinski definition) is 0. The molecule has 1 amide bonds. The second-order valence-electron chi connectivity index (χ2n) is 5.94. The molecule has 1 unspecified atom stereocenters. The lowest BCUT2D eigenvalue weighted by Gasteiger charge is -2.29. The topological polar surface area (TPSA) is 36.4 Å². The van der Waals surface area contributed by atoms with E-state index in [1.807, 2.05) is 6.92 Å². The lowest BCUT2D eigenvalue weighted by Crippen LogP contribution is -2.45. The van der Waals surface area contributed by atoms with Crippen LogP contribution >= 0.6 is 11.3 Å². The first kappa shape index (κ1) is 18.2. The van der Waals surface area contributed by atoms with Crippen LogP contribution in [0.5, 0.6) is 0 Å². The van der Waals surface area contributed by atoms with Crippen molar-refractivity contribution in [2.24, 2.45) is 0 Å². The highest BCUT2D eigenvalue weighted by atomic mass is 32.1. The van der Waals surface area contributed by atoms with Crippen molar-refractivity contribution in [2.75, 3.05) is 20.1 Å². The number of likely N-dealkylation sites (N-methyl/N-ethyl adjacent to an activating group) is 1. The summed E-state index contributed by atoms with van der Waals surface area (Å²) in [5, 5.41) is 1.29. The van der Waals surface area contributed by atoms with E-state index in [-0.39, 0.29) is 18.5 Å². The van der Waals surface area contributed by atoms with Gasteiger partial charge in [-0.2, -0.15) is 13.2 Å². The van der Waals surface area contributed by atoms with Gasteiger partial charge in [-0.15, -0.1) is 11.3 Å². The van der Waals surface area contributed by atoms with E-state index < -0.39 is 11.9 Å². The third-order valence-electron chi connectivity index (χ3n) is 4.14. The van der Waals surface area contributed by atoms with Gasteiger partial charge in [0.05, 0.1) is 12.6 Å². The van der Waals surface area contributed by atoms with Gasteiger partial charge in [0.2, 0.25) is 5.91 Å². The number of alkyl halides is 3. The number of hydrogen-bond acceptors (Lipinski definition) is 4. The molecule has 130 valence electrons. The SMILES string of the molecule is CC(C(=O)N(C)Cc1nc(C(F)(F)F)cs1)N1CCCCCC1. The van der Waals surface area contributed by atoms with Gasteiger partial charge in [-0.1, -0.05) is 12.8 Å². The van der Waals surface area contributed by atoms with Crippen LogP contribution in [0.2, 0.25) is 0 Å². The van der Waals surface area contributed by atoms with Crippen molar-refractivity contribution in [2.45, 2.75) is 51.4 Å². The Morgan fingerprint density at radius 2 is 1.96 bits per heavy atom. The van der Waals surface area contributed by atoms with E-state index in [9.17, 15) is 18.0 Å². The lowest BCUT2D eigenvalue weighted by molar-refractivity contribution is -0.140. The van der Waals surface area contributed by atoms with Crippen molar-refractivity contribution >= 4 is 17.2 Å². The molecule has 1 saturated heterocycles. The number of nitrogens with zero attached hydrogens (tertiary/aromatic N) is 3. The Morgan fingerprint density at radius 3 is 2.48 bits per heavy atom. The van der Waals surface area contributed by atoms with E-state index in [0.717, 1.165) is 42.6 Å². The van der Waals surface area contributed by atoms with Gasteiger partial charge < -0.3 is 4.90 Å². The molecule has 0 spiro atoms. The van der Waals surface area contributed by atoms with Crippen LogP contribution in [0.4, 0.5) is 13.2 Å². The van der Waals surface area contributed by atoms with Crippen LogP contribution in [-0.4, -0.2) is 46.9 Å². The molecule has 0 bridgehead atoms. The Bertz CT molecular complexity index is 524. The summed E-state index contributed by atoms with van der Waals surface area (Å²) < 4.78 is 37.7. The third-order valence-corrected chi connectivity index (χ3v) is 4.97. The van der Waals surface area contributed by atoms with Crippen molar-refractivity contribution in [3.8, 4) is 0 Å². The summed E-state index contributed by atoms with van der Waals surface area (Å²) in [4.78, 5) is 19.7. The Labute approximate surface area is 138 Å². The quantitative estimate of drug-likeness (QED) is 0.836. The molecule has 2 heterocycles. The monoisotopic (exact) mass is 349 g/mol. The maximum absolute atomic E-state index is 12.6. The molecule has 4 nitrogen and oxygen atoms in total. The normalized spacial score (nSPS) is 18.5. The van der Waals surface area contributed by atoms with E-state index in [4.69, 9.17) is 0 Å². The first-order valence-electron chi connectivity index (χ1n) is 7.79. The number of carbonyl (C=O) groups excluding carboxylic acids is 1. The van der Waals surface area contributed by atoms with Crippen LogP contribution in [0.25, 0.3) is 0 Å². The second-order valence-corrected chi connectivity index (χ2v) is 6.89. The van der Waals surface area contributed by atoms with Crippen molar-refractivity contribution < 1.29 is 18.0 Å². The summed E-state index contributed by atoms with van der Waals surface area (Å²) in [7, 11) is 1.62. The van der Waals surface area contributed by atoms with Crippen molar-refractivity contribution in [1.29, 1.82) is 0 Å². The molecule has 0 radical (unpaired) electrons. The van der Waals surface area contributed by atoms with E-state index in [1.54, 1.807) is 7.05 Å². The van der Waals surface area contributed by atoms with Gasteiger partial charge in [0.15, 0.2) is 5.69 Å². The largest absolute Gasteiger partial charge is 0.434 e. The van der Waals surface area contributed by atoms with Gasteiger partial charge in [-0.05, 0) is 32.9 Å². The highest BCUT2D eigenvalue weighted by Gasteiger charge is 2.34. The Balaban J connectivity index is 1.95. The highest BCUT2D eigenvalue weighted by Crippen LogP contribution is 2.30. The maximum Gasteiger partial charge on any atom is 0.434 e. The van der Waals surface area contributed by atoms with Crippen LogP contribution in [0.15, 0.2) is 5.38 Å². The van der Waals surface area contributed by atoms with Crippen molar-refractivity contribution in [3.63, 3.8) is 0 Å². The number of amides is 1. The highest BCUT2D eigenvalue weighted by molar-refractivity contribution is 7.09. The molecule has 0 aliphatic carbocycles. The summed E-state index contributed by atoms with van der Waals surface area (Å²) >= 11 is 0.934. The fourth-order valence-electron chi connectivity index (χ4n) is 2.75. The average molecular weight is 349 g/mol. The van der Waals surface area contributed by atoms with Crippen molar-refractivity contribution in [3.05, 3.63) is 16.1 Å². The number of thiazole rings is 1. The van der Waals surface area contributed by atoms with E-state index in [1.165, 1.54) is 17.7 Å². The Kier molecular flexibility index (Phi) is 6.02. The van der Waals surface area contributed by atoms with Crippen LogP contribution in [0, 0.1) is 0 Å². The Hall–Kier alpha value is -1.15. The molecule has 1 fully saturated rings. The average Bonchev–Trinajstić information content (AvgIpc) is 2.80. The lowest BCUT2D eigenvalue weighted by atomic mass is 10.2. The fraction of sp³-hybridized carbons (Fsp3) is 0.733. The van der Waals surface area contributed by atoms with Gasteiger partial charge in [-0.3, -0.25) is 9.69 Å². The summed E-state index contributed by atoms with van der Waals surface area (Å²) in [5.74, 6) is -0.0735. The molecule has 0 saturated carbocycles. The first-order chi connectivity index (χ1) is 10.8. The van der Waals surface area contributed by atoms with Crippen LogP contribution in [0.3, 0.4) is 0 Å². The minimum atomic E-state index is -4.43. The number of aromatic nitrogens is 1. The molecular weight excluding hydrogens is 327 g/mol. The summed E-state index contributed by atoms with van der Waals surface area (Å²) in [5.41, 5.74) is -0.890. The molecule has 0 N–H and O–H groups in total. The molecule has 0 aromatic carbocycles. The number of likely N-dealkylation sites (tertiary alicyclic amines) is 1. The number of carbonyl (C=O) groups is 1. The summed E-state index contributed by atoms with van der Waals surface area (Å²) in [6, 6.07) is -0.250. The van der Waals surface area contributed by atoms with E-state index in [2.05, 4.69) is 9.88 Å². The van der Waals surface area contributed by atoms with E-state index in [0.29, 0.717) is 5.01 Å². The predicted octanol–water partition coefficient (Wildman–Crippen LogP) is 3.38. The number of halogens is 3.